The van der Waals surface area contributed by atoms with Gasteiger partial charge in [0.2, 0.25) is 0 Å². The topological polar surface area (TPSA) is 12.0 Å². The minimum Gasteiger partial charge on any atom is -0.307 e. The van der Waals surface area contributed by atoms with Gasteiger partial charge in [-0.2, -0.15) is 0 Å². The Kier molecular flexibility index (Phi) is 2.43. The first kappa shape index (κ1) is 10.4. The normalized spacial score (nSPS) is 51.8. The van der Waals surface area contributed by atoms with Crippen molar-refractivity contribution in [1.82, 2.24) is 5.32 Å². The van der Waals surface area contributed by atoms with E-state index in [1.54, 1.807) is 0 Å². The molecule has 1 saturated carbocycles. The van der Waals surface area contributed by atoms with Gasteiger partial charge in [-0.25, -0.2) is 0 Å². The summed E-state index contributed by atoms with van der Waals surface area (Å²) in [4.78, 5) is 0. The monoisotopic (exact) mass is 229 g/mol. The molecular formula is C16H23N. The maximum Gasteiger partial charge on any atom is 0.0284 e. The number of hydrogen-bond donors (Lipinski definition) is 1. The van der Waals surface area contributed by atoms with Crippen LogP contribution in [0.3, 0.4) is 0 Å². The Morgan fingerprint density at radius 2 is 1.71 bits per heavy atom. The van der Waals surface area contributed by atoms with E-state index >= 15 is 0 Å². The summed E-state index contributed by atoms with van der Waals surface area (Å²) in [5.41, 5.74) is 0. The van der Waals surface area contributed by atoms with Crippen molar-refractivity contribution in [2.45, 2.75) is 50.6 Å². The zero-order chi connectivity index (χ0) is 11.2. The highest BCUT2D eigenvalue weighted by molar-refractivity contribution is 5.16. The van der Waals surface area contributed by atoms with Gasteiger partial charge in [-0.15, -0.1) is 0 Å². The van der Waals surface area contributed by atoms with Crippen molar-refractivity contribution in [3.8, 4) is 0 Å². The number of hydrogen-bond acceptors (Lipinski definition) is 1. The van der Waals surface area contributed by atoms with Gasteiger partial charge in [0.1, 0.15) is 0 Å². The Hall–Kier alpha value is -0.560. The van der Waals surface area contributed by atoms with Gasteiger partial charge in [-0.3, -0.25) is 0 Å². The van der Waals surface area contributed by atoms with Crippen LogP contribution in [0.1, 0.15) is 38.5 Å². The first-order valence-corrected chi connectivity index (χ1v) is 7.53. The standard InChI is InChI=1S/C16H23N/c1-2-6-12-11(5-1)9-10-14-13-7-3-4-8-15(13)17-16(12)14/h2,4,6,8,11-17H,1,3,5,7,9-10H2/t11?,12?,13?,14?,15-,16?/m1/s1. The maximum atomic E-state index is 3.96. The number of rotatable bonds is 0. The Bertz CT molecular complexity index is 357. The fourth-order valence-electron chi connectivity index (χ4n) is 4.99. The van der Waals surface area contributed by atoms with Gasteiger partial charge in [-0.1, -0.05) is 24.3 Å². The van der Waals surface area contributed by atoms with E-state index in [9.17, 15) is 0 Å². The Morgan fingerprint density at radius 1 is 0.824 bits per heavy atom. The summed E-state index contributed by atoms with van der Waals surface area (Å²) in [7, 11) is 0. The van der Waals surface area contributed by atoms with Gasteiger partial charge in [0.15, 0.2) is 0 Å². The molecule has 0 spiro atoms. The van der Waals surface area contributed by atoms with E-state index in [0.29, 0.717) is 6.04 Å². The van der Waals surface area contributed by atoms with Crippen molar-refractivity contribution in [1.29, 1.82) is 0 Å². The summed E-state index contributed by atoms with van der Waals surface area (Å²) in [6, 6.07) is 1.50. The molecule has 0 bridgehead atoms. The minimum absolute atomic E-state index is 0.702. The lowest BCUT2D eigenvalue weighted by Gasteiger charge is -2.41. The zero-order valence-electron chi connectivity index (χ0n) is 10.5. The van der Waals surface area contributed by atoms with Crippen molar-refractivity contribution in [2.24, 2.45) is 23.7 Å². The molecule has 4 rings (SSSR count). The summed E-state index contributed by atoms with van der Waals surface area (Å²) >= 11 is 0. The van der Waals surface area contributed by atoms with Crippen LogP contribution in [0.15, 0.2) is 24.3 Å². The SMILES string of the molecule is C1=CC2C(CC1)CCC1C2N[C@@H]2C=CCCC12. The molecule has 17 heavy (non-hydrogen) atoms. The van der Waals surface area contributed by atoms with Crippen molar-refractivity contribution in [3.63, 3.8) is 0 Å². The van der Waals surface area contributed by atoms with Crippen molar-refractivity contribution < 1.29 is 0 Å². The highest BCUT2D eigenvalue weighted by atomic mass is 15.0. The van der Waals surface area contributed by atoms with Crippen molar-refractivity contribution >= 4 is 0 Å². The lowest BCUT2D eigenvalue weighted by molar-refractivity contribution is 0.149. The summed E-state index contributed by atoms with van der Waals surface area (Å²) in [6.45, 7) is 0. The molecule has 1 saturated heterocycles. The van der Waals surface area contributed by atoms with Crippen LogP contribution in [0.4, 0.5) is 0 Å². The number of nitrogens with one attached hydrogen (secondary N) is 1. The molecule has 92 valence electrons. The van der Waals surface area contributed by atoms with Crippen LogP contribution in [-0.4, -0.2) is 12.1 Å². The van der Waals surface area contributed by atoms with Gasteiger partial charge < -0.3 is 5.32 Å². The third-order valence-corrected chi connectivity index (χ3v) is 5.76. The third-order valence-electron chi connectivity index (χ3n) is 5.76. The van der Waals surface area contributed by atoms with Gasteiger partial charge in [0, 0.05) is 12.1 Å². The van der Waals surface area contributed by atoms with Crippen LogP contribution in [0, 0.1) is 23.7 Å². The first-order valence-electron chi connectivity index (χ1n) is 7.53. The Morgan fingerprint density at radius 3 is 2.71 bits per heavy atom. The molecule has 0 amide bonds. The fourth-order valence-corrected chi connectivity index (χ4v) is 4.99. The van der Waals surface area contributed by atoms with E-state index in [4.69, 9.17) is 0 Å². The van der Waals surface area contributed by atoms with Gasteiger partial charge in [-0.05, 0) is 62.2 Å². The molecule has 2 fully saturated rings. The van der Waals surface area contributed by atoms with E-state index in [1.165, 1.54) is 38.5 Å². The largest absolute Gasteiger partial charge is 0.307 e. The summed E-state index contributed by atoms with van der Waals surface area (Å²) < 4.78 is 0. The average molecular weight is 229 g/mol. The van der Waals surface area contributed by atoms with Crippen molar-refractivity contribution in [3.05, 3.63) is 24.3 Å². The second-order valence-electron chi connectivity index (χ2n) is 6.47. The van der Waals surface area contributed by atoms with Crippen LogP contribution in [0.2, 0.25) is 0 Å². The molecule has 0 aromatic heterocycles. The first-order chi connectivity index (χ1) is 8.43. The molecule has 0 aromatic rings. The lowest BCUT2D eigenvalue weighted by atomic mass is 9.64. The molecular weight excluding hydrogens is 206 g/mol. The molecule has 1 N–H and O–H groups in total. The average Bonchev–Trinajstić information content (AvgIpc) is 2.78. The molecule has 6 atom stereocenters. The highest BCUT2D eigenvalue weighted by Gasteiger charge is 2.48. The van der Waals surface area contributed by atoms with Crippen LogP contribution in [0.25, 0.3) is 0 Å². The second kappa shape index (κ2) is 3.98. The molecule has 3 aliphatic carbocycles. The summed E-state index contributed by atoms with van der Waals surface area (Å²) in [5.74, 6) is 3.75. The van der Waals surface area contributed by atoms with Gasteiger partial charge in [0.05, 0.1) is 0 Å². The van der Waals surface area contributed by atoms with Crippen LogP contribution >= 0.6 is 0 Å². The molecule has 5 unspecified atom stereocenters. The minimum atomic E-state index is 0.702. The lowest BCUT2D eigenvalue weighted by Crippen LogP contribution is -2.44. The van der Waals surface area contributed by atoms with E-state index in [-0.39, 0.29) is 0 Å². The smallest absolute Gasteiger partial charge is 0.0284 e. The fraction of sp³-hybridized carbons (Fsp3) is 0.750. The van der Waals surface area contributed by atoms with E-state index in [2.05, 4.69) is 29.6 Å². The molecule has 1 nitrogen and oxygen atoms in total. The molecule has 0 aromatic carbocycles. The second-order valence-corrected chi connectivity index (χ2v) is 6.47. The Labute approximate surface area is 104 Å². The summed E-state index contributed by atoms with van der Waals surface area (Å²) in [6.07, 6.45) is 18.3. The number of fused-ring (bicyclic) bond motifs is 5. The quantitative estimate of drug-likeness (QED) is 0.629. The van der Waals surface area contributed by atoms with Crippen molar-refractivity contribution in [2.75, 3.05) is 0 Å². The molecule has 4 aliphatic rings. The zero-order valence-corrected chi connectivity index (χ0v) is 10.5. The highest BCUT2D eigenvalue weighted by Crippen LogP contribution is 2.48. The molecule has 1 heterocycles. The molecule has 1 heteroatoms. The Balaban J connectivity index is 1.63. The maximum absolute atomic E-state index is 3.96. The molecule has 1 aliphatic heterocycles. The summed E-state index contributed by atoms with van der Waals surface area (Å²) in [5, 5.41) is 3.96. The van der Waals surface area contributed by atoms with E-state index < -0.39 is 0 Å². The van der Waals surface area contributed by atoms with Crippen LogP contribution < -0.4 is 5.32 Å². The van der Waals surface area contributed by atoms with E-state index in [1.807, 2.05) is 0 Å². The van der Waals surface area contributed by atoms with Crippen LogP contribution in [-0.2, 0) is 0 Å². The van der Waals surface area contributed by atoms with E-state index in [0.717, 1.165) is 29.7 Å². The predicted octanol–water partition coefficient (Wildman–Crippen LogP) is 3.29. The molecule has 0 radical (unpaired) electrons. The number of allylic oxidation sites excluding steroid dienone is 2. The van der Waals surface area contributed by atoms with Crippen LogP contribution in [0.5, 0.6) is 0 Å². The van der Waals surface area contributed by atoms with Gasteiger partial charge >= 0.3 is 0 Å². The van der Waals surface area contributed by atoms with Gasteiger partial charge in [0.25, 0.3) is 0 Å². The third kappa shape index (κ3) is 1.55. The predicted molar refractivity (Wildman–Crippen MR) is 70.7 cm³/mol.